The van der Waals surface area contributed by atoms with Gasteiger partial charge in [0.25, 0.3) is 11.8 Å². The molecule has 2 saturated carbocycles. The number of carbonyl (C=O) groups excluding carboxylic acids is 3. The zero-order valence-corrected chi connectivity index (χ0v) is 21.2. The van der Waals surface area contributed by atoms with Crippen molar-refractivity contribution >= 4 is 34.8 Å². The summed E-state index contributed by atoms with van der Waals surface area (Å²) in [4.78, 5) is 46.9. The molecule has 4 N–H and O–H groups in total. The number of amides is 2. The standard InChI is InChI=1S/C26H33N5O4S/c27-24-23(26(35)30-8-7-17(32)12-30)29-13-31(24)16-5-6-20-18(9-16)22(25(34)28-11-14-1-2-14)21(36-20)10-19(33)15-3-4-15/h13-17,32H,1-12,27H2,(H,28,34)/t16-,17+/m0/s1. The predicted octanol–water partition coefficient (Wildman–Crippen LogP) is 2.12. The zero-order valence-electron chi connectivity index (χ0n) is 20.4. The number of hydrogen-bond acceptors (Lipinski definition) is 7. The lowest BCUT2D eigenvalue weighted by Gasteiger charge is -2.25. The smallest absolute Gasteiger partial charge is 0.276 e. The lowest BCUT2D eigenvalue weighted by molar-refractivity contribution is -0.119. The molecule has 0 aromatic carbocycles. The van der Waals surface area contributed by atoms with E-state index in [0.29, 0.717) is 56.2 Å². The number of aliphatic hydroxyl groups is 1. The summed E-state index contributed by atoms with van der Waals surface area (Å²) < 4.78 is 1.86. The van der Waals surface area contributed by atoms with Gasteiger partial charge in [-0.05, 0) is 62.8 Å². The van der Waals surface area contributed by atoms with E-state index in [2.05, 4.69) is 10.3 Å². The number of aliphatic hydroxyl groups excluding tert-OH is 1. The fourth-order valence-corrected chi connectivity index (χ4v) is 6.86. The summed E-state index contributed by atoms with van der Waals surface area (Å²) in [6, 6.07) is -0.0210. The van der Waals surface area contributed by atoms with Crippen molar-refractivity contribution in [2.45, 2.75) is 69.9 Å². The van der Waals surface area contributed by atoms with Crippen LogP contribution in [0.3, 0.4) is 0 Å². The first-order valence-corrected chi connectivity index (χ1v) is 13.9. The molecule has 192 valence electrons. The number of fused-ring (bicyclic) bond motifs is 1. The molecule has 1 aliphatic heterocycles. The van der Waals surface area contributed by atoms with E-state index in [9.17, 15) is 19.5 Å². The molecule has 3 heterocycles. The summed E-state index contributed by atoms with van der Waals surface area (Å²) in [5.41, 5.74) is 8.35. The lowest BCUT2D eigenvalue weighted by Crippen LogP contribution is -2.30. The van der Waals surface area contributed by atoms with Crippen LogP contribution in [-0.4, -0.2) is 62.9 Å². The number of nitrogen functional groups attached to an aromatic ring is 1. The number of nitrogens with two attached hydrogens (primary N) is 1. The van der Waals surface area contributed by atoms with Crippen LogP contribution in [0.15, 0.2) is 6.33 Å². The van der Waals surface area contributed by atoms with Crippen molar-refractivity contribution in [1.82, 2.24) is 19.8 Å². The second-order valence-electron chi connectivity index (χ2n) is 10.8. The monoisotopic (exact) mass is 511 g/mol. The van der Waals surface area contributed by atoms with Gasteiger partial charge in [0.2, 0.25) is 0 Å². The Hall–Kier alpha value is -2.72. The number of aryl methyl sites for hydroxylation is 1. The Morgan fingerprint density at radius 1 is 1.17 bits per heavy atom. The Kier molecular flexibility index (Phi) is 6.11. The summed E-state index contributed by atoms with van der Waals surface area (Å²) >= 11 is 1.62. The van der Waals surface area contributed by atoms with Crippen molar-refractivity contribution in [3.05, 3.63) is 32.9 Å². The summed E-state index contributed by atoms with van der Waals surface area (Å²) in [5.74, 6) is 0.990. The van der Waals surface area contributed by atoms with E-state index in [4.69, 9.17) is 5.73 Å². The third-order valence-corrected chi connectivity index (χ3v) is 9.32. The van der Waals surface area contributed by atoms with E-state index in [-0.39, 0.29) is 35.3 Å². The van der Waals surface area contributed by atoms with Gasteiger partial charge in [-0.25, -0.2) is 4.98 Å². The number of ketones is 1. The molecule has 0 bridgehead atoms. The molecule has 2 amide bonds. The van der Waals surface area contributed by atoms with Crippen LogP contribution in [0.2, 0.25) is 0 Å². The summed E-state index contributed by atoms with van der Waals surface area (Å²) in [6.07, 6.45) is 8.52. The van der Waals surface area contributed by atoms with Crippen LogP contribution in [0.1, 0.15) is 80.7 Å². The van der Waals surface area contributed by atoms with E-state index in [1.165, 1.54) is 4.88 Å². The molecule has 0 radical (unpaired) electrons. The number of thiophene rings is 1. The highest BCUT2D eigenvalue weighted by molar-refractivity contribution is 7.12. The van der Waals surface area contributed by atoms with Crippen LogP contribution >= 0.6 is 11.3 Å². The molecule has 2 aromatic rings. The predicted molar refractivity (Wildman–Crippen MR) is 135 cm³/mol. The highest BCUT2D eigenvalue weighted by atomic mass is 32.1. The van der Waals surface area contributed by atoms with Crippen LogP contribution in [0.4, 0.5) is 5.82 Å². The molecule has 1 saturated heterocycles. The van der Waals surface area contributed by atoms with Crippen molar-refractivity contribution in [3.63, 3.8) is 0 Å². The Balaban J connectivity index is 1.25. The van der Waals surface area contributed by atoms with Gasteiger partial charge in [0.15, 0.2) is 5.69 Å². The molecule has 0 spiro atoms. The maximum absolute atomic E-state index is 13.3. The van der Waals surface area contributed by atoms with Gasteiger partial charge in [0.1, 0.15) is 11.6 Å². The number of nitrogens with one attached hydrogen (secondary N) is 1. The Morgan fingerprint density at radius 3 is 2.67 bits per heavy atom. The quantitative estimate of drug-likeness (QED) is 0.498. The molecular formula is C26H33N5O4S. The van der Waals surface area contributed by atoms with Gasteiger partial charge in [0, 0.05) is 47.8 Å². The Morgan fingerprint density at radius 2 is 1.97 bits per heavy atom. The number of imidazole rings is 1. The number of anilines is 1. The van der Waals surface area contributed by atoms with Crippen LogP contribution in [0.25, 0.3) is 0 Å². The number of hydrogen-bond donors (Lipinski definition) is 3. The van der Waals surface area contributed by atoms with Crippen LogP contribution in [0.5, 0.6) is 0 Å². The van der Waals surface area contributed by atoms with Crippen LogP contribution in [0, 0.1) is 11.8 Å². The molecule has 2 aromatic heterocycles. The maximum atomic E-state index is 13.3. The lowest BCUT2D eigenvalue weighted by atomic mass is 9.89. The summed E-state index contributed by atoms with van der Waals surface area (Å²) in [7, 11) is 0. The first-order valence-electron chi connectivity index (χ1n) is 13.1. The van der Waals surface area contributed by atoms with Gasteiger partial charge in [-0.3, -0.25) is 14.4 Å². The molecule has 6 rings (SSSR count). The number of likely N-dealkylation sites (tertiary alicyclic amines) is 1. The van der Waals surface area contributed by atoms with Gasteiger partial charge in [0.05, 0.1) is 18.0 Å². The van der Waals surface area contributed by atoms with Gasteiger partial charge < -0.3 is 25.6 Å². The van der Waals surface area contributed by atoms with Crippen molar-refractivity contribution in [2.24, 2.45) is 11.8 Å². The number of β-amino-alcohol motifs (C(OH)–C–C–N with tert-alkyl or cyclic N) is 1. The van der Waals surface area contributed by atoms with E-state index in [1.54, 1.807) is 22.6 Å². The maximum Gasteiger partial charge on any atom is 0.276 e. The van der Waals surface area contributed by atoms with Gasteiger partial charge in [-0.15, -0.1) is 11.3 Å². The fraction of sp³-hybridized carbons (Fsp3) is 0.615. The molecule has 4 aliphatic rings. The second kappa shape index (κ2) is 9.30. The topological polar surface area (TPSA) is 131 Å². The normalized spacial score (nSPS) is 23.5. The Labute approximate surface area is 214 Å². The SMILES string of the molecule is Nc1c(C(=O)N2CC[C@@H](O)C2)ncn1[C@H]1CCc2sc(CC(=O)C3CC3)c(C(=O)NCC3CC3)c2C1. The number of Topliss-reactive ketones (excluding diaryl/α,β-unsaturated/α-hetero) is 1. The minimum Gasteiger partial charge on any atom is -0.391 e. The molecular weight excluding hydrogens is 478 g/mol. The first-order chi connectivity index (χ1) is 17.4. The number of nitrogens with zero attached hydrogens (tertiary/aromatic N) is 3. The molecule has 10 heteroatoms. The Bertz CT molecular complexity index is 1210. The van der Waals surface area contributed by atoms with E-state index in [1.807, 2.05) is 4.57 Å². The summed E-state index contributed by atoms with van der Waals surface area (Å²) in [5, 5.41) is 12.9. The number of carbonyl (C=O) groups is 3. The van der Waals surface area contributed by atoms with E-state index in [0.717, 1.165) is 49.0 Å². The zero-order chi connectivity index (χ0) is 25.0. The fourth-order valence-electron chi connectivity index (χ4n) is 5.51. The molecule has 0 unspecified atom stereocenters. The van der Waals surface area contributed by atoms with Crippen LogP contribution in [-0.2, 0) is 24.1 Å². The van der Waals surface area contributed by atoms with Crippen LogP contribution < -0.4 is 11.1 Å². The molecule has 3 aliphatic carbocycles. The highest BCUT2D eigenvalue weighted by Gasteiger charge is 2.36. The van der Waals surface area contributed by atoms with Gasteiger partial charge in [-0.1, -0.05) is 0 Å². The van der Waals surface area contributed by atoms with Crippen molar-refractivity contribution in [2.75, 3.05) is 25.4 Å². The van der Waals surface area contributed by atoms with E-state index < -0.39 is 6.10 Å². The molecule has 36 heavy (non-hydrogen) atoms. The second-order valence-corrected chi connectivity index (χ2v) is 12.0. The summed E-state index contributed by atoms with van der Waals surface area (Å²) in [6.45, 7) is 1.48. The molecule has 2 atom stereocenters. The van der Waals surface area contributed by atoms with Crippen molar-refractivity contribution in [3.8, 4) is 0 Å². The van der Waals surface area contributed by atoms with E-state index >= 15 is 0 Å². The molecule has 9 nitrogen and oxygen atoms in total. The van der Waals surface area contributed by atoms with Gasteiger partial charge in [-0.2, -0.15) is 0 Å². The average molecular weight is 512 g/mol. The van der Waals surface area contributed by atoms with Gasteiger partial charge >= 0.3 is 0 Å². The third-order valence-electron chi connectivity index (χ3n) is 8.03. The minimum absolute atomic E-state index is 0.0210. The number of aromatic nitrogens is 2. The first kappa shape index (κ1) is 23.7. The molecule has 3 fully saturated rings. The highest BCUT2D eigenvalue weighted by Crippen LogP contribution is 2.41. The van der Waals surface area contributed by atoms with Crippen molar-refractivity contribution in [1.29, 1.82) is 0 Å². The van der Waals surface area contributed by atoms with Crippen molar-refractivity contribution < 1.29 is 19.5 Å². The number of rotatable bonds is 8. The largest absolute Gasteiger partial charge is 0.391 e. The average Bonchev–Trinajstić information content (AvgIpc) is 3.77. The third kappa shape index (κ3) is 4.56. The minimum atomic E-state index is -0.502.